The summed E-state index contributed by atoms with van der Waals surface area (Å²) >= 11 is 0. The minimum absolute atomic E-state index is 0.00782. The Kier molecular flexibility index (Phi) is 5.18. The Morgan fingerprint density at radius 3 is 2.77 bits per heavy atom. The van der Waals surface area contributed by atoms with Crippen LogP contribution in [0.25, 0.3) is 0 Å². The number of carbonyl (C=O) groups is 1. The lowest BCUT2D eigenvalue weighted by atomic mass is 10.5. The molecule has 72 valence electrons. The summed E-state index contributed by atoms with van der Waals surface area (Å²) in [7, 11) is 1.52. The van der Waals surface area contributed by atoms with Crippen molar-refractivity contribution in [3.05, 3.63) is 12.3 Å². The molecule has 0 fully saturated rings. The molecule has 0 unspecified atom stereocenters. The van der Waals surface area contributed by atoms with Crippen molar-refractivity contribution in [1.29, 1.82) is 0 Å². The molecule has 0 heterocycles. The van der Waals surface area contributed by atoms with Crippen LogP contribution in [0, 0.1) is 0 Å². The van der Waals surface area contributed by atoms with Crippen LogP contribution in [0.4, 0.5) is 0 Å². The predicted molar refractivity (Wildman–Crippen MR) is 51.8 cm³/mol. The van der Waals surface area contributed by atoms with Crippen LogP contribution >= 0.6 is 0 Å². The molecule has 0 aromatic carbocycles. The van der Waals surface area contributed by atoms with Crippen LogP contribution in [0.2, 0.25) is 0 Å². The lowest BCUT2D eigenvalue weighted by Gasteiger charge is -1.98. The van der Waals surface area contributed by atoms with Crippen molar-refractivity contribution in [2.45, 2.75) is 6.92 Å². The van der Waals surface area contributed by atoms with Gasteiger partial charge in [-0.1, -0.05) is 6.58 Å². The van der Waals surface area contributed by atoms with E-state index < -0.39 is 5.97 Å². The van der Waals surface area contributed by atoms with E-state index in [2.05, 4.69) is 21.3 Å². The third-order valence-corrected chi connectivity index (χ3v) is 1.12. The molecule has 0 aliphatic carbocycles. The Bertz CT molecular complexity index is 256. The summed E-state index contributed by atoms with van der Waals surface area (Å²) in [6.07, 6.45) is 1.25. The molecule has 0 bridgehead atoms. The van der Waals surface area contributed by atoms with Crippen molar-refractivity contribution in [2.24, 2.45) is 15.7 Å². The average molecular weight is 183 g/mol. The molecule has 0 saturated carbocycles. The van der Waals surface area contributed by atoms with Gasteiger partial charge in [0, 0.05) is 7.05 Å². The van der Waals surface area contributed by atoms with E-state index in [1.54, 1.807) is 6.92 Å². The van der Waals surface area contributed by atoms with Gasteiger partial charge < -0.3 is 10.5 Å². The third-order valence-electron chi connectivity index (χ3n) is 1.12. The van der Waals surface area contributed by atoms with Gasteiger partial charge >= 0.3 is 5.97 Å². The normalized spacial score (nSPS) is 11.7. The minimum Gasteiger partial charge on any atom is -0.461 e. The first-order chi connectivity index (χ1) is 6.11. The maximum atomic E-state index is 10.9. The zero-order chi connectivity index (χ0) is 10.3. The highest BCUT2D eigenvalue weighted by Gasteiger charge is 2.04. The van der Waals surface area contributed by atoms with E-state index in [0.29, 0.717) is 6.61 Å². The van der Waals surface area contributed by atoms with Crippen LogP contribution in [0.1, 0.15) is 6.92 Å². The molecule has 13 heavy (non-hydrogen) atoms. The molecule has 0 radical (unpaired) electrons. The van der Waals surface area contributed by atoms with Gasteiger partial charge in [-0.25, -0.2) is 9.79 Å². The second-order valence-corrected chi connectivity index (χ2v) is 2.07. The summed E-state index contributed by atoms with van der Waals surface area (Å²) in [5.41, 5.74) is 5.31. The molecule has 5 heteroatoms. The first-order valence-corrected chi connectivity index (χ1v) is 3.74. The van der Waals surface area contributed by atoms with E-state index in [-0.39, 0.29) is 11.5 Å². The summed E-state index contributed by atoms with van der Waals surface area (Å²) < 4.78 is 4.64. The SMILES string of the molecule is C=C(/N=C\C(N)=N/C)C(=O)OCC. The number of hydrogen-bond donors (Lipinski definition) is 1. The number of nitrogens with two attached hydrogens (primary N) is 1. The van der Waals surface area contributed by atoms with Gasteiger partial charge in [0.1, 0.15) is 11.5 Å². The molecule has 0 aliphatic heterocycles. The van der Waals surface area contributed by atoms with Crippen LogP contribution in [0.15, 0.2) is 22.3 Å². The van der Waals surface area contributed by atoms with Crippen LogP contribution < -0.4 is 5.73 Å². The van der Waals surface area contributed by atoms with Gasteiger partial charge in [-0.05, 0) is 6.92 Å². The highest BCUT2D eigenvalue weighted by Crippen LogP contribution is 1.94. The largest absolute Gasteiger partial charge is 0.461 e. The Hall–Kier alpha value is -1.65. The average Bonchev–Trinajstić information content (AvgIpc) is 2.13. The van der Waals surface area contributed by atoms with Gasteiger partial charge in [-0.2, -0.15) is 0 Å². The molecule has 5 nitrogen and oxygen atoms in total. The summed E-state index contributed by atoms with van der Waals surface area (Å²) in [4.78, 5) is 18.2. The molecule has 0 aromatic rings. The standard InChI is InChI=1S/C8H13N3O2/c1-4-13-8(12)6(2)11-5-7(9)10-3/h5H,2,4H2,1,3H3,(H2,9,10)/b11-5-. The summed E-state index contributed by atoms with van der Waals surface area (Å²) in [6.45, 7) is 5.40. The van der Waals surface area contributed by atoms with Crippen LogP contribution in [-0.2, 0) is 9.53 Å². The number of aliphatic imine (C=N–C) groups is 2. The van der Waals surface area contributed by atoms with E-state index >= 15 is 0 Å². The zero-order valence-electron chi connectivity index (χ0n) is 7.78. The van der Waals surface area contributed by atoms with Gasteiger partial charge in [-0.3, -0.25) is 4.99 Å². The van der Waals surface area contributed by atoms with Crippen molar-refractivity contribution in [3.8, 4) is 0 Å². The quantitative estimate of drug-likeness (QED) is 0.291. The fraction of sp³-hybridized carbons (Fsp3) is 0.375. The van der Waals surface area contributed by atoms with Gasteiger partial charge in [0.05, 0.1) is 12.8 Å². The number of hydrogen-bond acceptors (Lipinski definition) is 4. The van der Waals surface area contributed by atoms with E-state index in [9.17, 15) is 4.79 Å². The first-order valence-electron chi connectivity index (χ1n) is 3.74. The second kappa shape index (κ2) is 5.93. The molecular formula is C8H13N3O2. The molecule has 0 rings (SSSR count). The number of ether oxygens (including phenoxy) is 1. The summed E-state index contributed by atoms with van der Waals surface area (Å²) in [5, 5.41) is 0. The predicted octanol–water partition coefficient (Wildman–Crippen LogP) is 0.121. The molecule has 0 spiro atoms. The molecular weight excluding hydrogens is 170 g/mol. The molecule has 0 atom stereocenters. The number of amidine groups is 1. The van der Waals surface area contributed by atoms with Crippen molar-refractivity contribution >= 4 is 18.0 Å². The highest BCUT2D eigenvalue weighted by atomic mass is 16.5. The van der Waals surface area contributed by atoms with E-state index in [1.165, 1.54) is 13.3 Å². The number of nitrogens with zero attached hydrogens (tertiary/aromatic N) is 2. The molecule has 0 aliphatic rings. The number of carbonyl (C=O) groups excluding carboxylic acids is 1. The van der Waals surface area contributed by atoms with Crippen LogP contribution in [-0.4, -0.2) is 31.7 Å². The Balaban J connectivity index is 4.15. The van der Waals surface area contributed by atoms with Gasteiger partial charge in [0.15, 0.2) is 0 Å². The fourth-order valence-corrected chi connectivity index (χ4v) is 0.469. The Morgan fingerprint density at radius 1 is 1.69 bits per heavy atom. The van der Waals surface area contributed by atoms with Crippen molar-refractivity contribution < 1.29 is 9.53 Å². The van der Waals surface area contributed by atoms with Gasteiger partial charge in [-0.15, -0.1) is 0 Å². The van der Waals surface area contributed by atoms with Crippen molar-refractivity contribution in [2.75, 3.05) is 13.7 Å². The minimum atomic E-state index is -0.553. The lowest BCUT2D eigenvalue weighted by molar-refractivity contribution is -0.138. The van der Waals surface area contributed by atoms with E-state index in [1.807, 2.05) is 0 Å². The molecule has 0 amide bonds. The van der Waals surface area contributed by atoms with Crippen LogP contribution in [0.5, 0.6) is 0 Å². The zero-order valence-corrected chi connectivity index (χ0v) is 7.78. The summed E-state index contributed by atoms with van der Waals surface area (Å²) in [6, 6.07) is 0. The van der Waals surface area contributed by atoms with Crippen molar-refractivity contribution in [1.82, 2.24) is 0 Å². The topological polar surface area (TPSA) is 77.0 Å². The van der Waals surface area contributed by atoms with Crippen LogP contribution in [0.3, 0.4) is 0 Å². The Labute approximate surface area is 77.0 Å². The molecule has 0 saturated heterocycles. The Morgan fingerprint density at radius 2 is 2.31 bits per heavy atom. The smallest absolute Gasteiger partial charge is 0.356 e. The maximum absolute atomic E-state index is 10.9. The molecule has 0 aromatic heterocycles. The monoisotopic (exact) mass is 183 g/mol. The summed E-state index contributed by atoms with van der Waals surface area (Å²) in [5.74, 6) is -0.326. The highest BCUT2D eigenvalue weighted by molar-refractivity contribution is 6.29. The van der Waals surface area contributed by atoms with Crippen molar-refractivity contribution in [3.63, 3.8) is 0 Å². The second-order valence-electron chi connectivity index (χ2n) is 2.07. The fourth-order valence-electron chi connectivity index (χ4n) is 0.469. The van der Waals surface area contributed by atoms with Gasteiger partial charge in [0.25, 0.3) is 0 Å². The first kappa shape index (κ1) is 11.4. The number of esters is 1. The maximum Gasteiger partial charge on any atom is 0.356 e. The lowest BCUT2D eigenvalue weighted by Crippen LogP contribution is -2.13. The van der Waals surface area contributed by atoms with E-state index in [0.717, 1.165) is 0 Å². The number of rotatable bonds is 4. The molecule has 2 N–H and O–H groups in total. The van der Waals surface area contributed by atoms with E-state index in [4.69, 9.17) is 5.73 Å². The third kappa shape index (κ3) is 4.73. The van der Waals surface area contributed by atoms with Gasteiger partial charge in [0.2, 0.25) is 0 Å².